The number of hydrogen-bond donors (Lipinski definition) is 2. The zero-order valence-electron chi connectivity index (χ0n) is 22.3. The fourth-order valence-corrected chi connectivity index (χ4v) is 7.08. The summed E-state index contributed by atoms with van der Waals surface area (Å²) in [6.07, 6.45) is 6.17. The van der Waals surface area contributed by atoms with Crippen LogP contribution in [0.25, 0.3) is 16.9 Å². The summed E-state index contributed by atoms with van der Waals surface area (Å²) in [5.74, 6) is -0.990. The van der Waals surface area contributed by atoms with Gasteiger partial charge in [0.2, 0.25) is 5.78 Å². The van der Waals surface area contributed by atoms with Crippen LogP contribution in [0, 0.1) is 11.2 Å². The molecule has 0 radical (unpaired) electrons. The largest absolute Gasteiger partial charge is 0.434 e. The molecule has 1 aliphatic heterocycles. The minimum absolute atomic E-state index is 0.0292. The number of carbonyl (C=O) groups excluding carboxylic acids is 1. The Labute approximate surface area is 232 Å². The van der Waals surface area contributed by atoms with Crippen LogP contribution in [0.4, 0.5) is 13.2 Å². The van der Waals surface area contributed by atoms with E-state index in [4.69, 9.17) is 15.5 Å². The molecule has 2 bridgehead atoms. The molecule has 0 saturated heterocycles. The Morgan fingerprint density at radius 1 is 1.22 bits per heavy atom. The van der Waals surface area contributed by atoms with E-state index in [9.17, 15) is 18.7 Å². The highest BCUT2D eigenvalue weighted by atomic mass is 19.3. The number of rotatable bonds is 5. The van der Waals surface area contributed by atoms with Gasteiger partial charge in [-0.1, -0.05) is 13.0 Å². The molecule has 1 saturated carbocycles. The van der Waals surface area contributed by atoms with Crippen LogP contribution in [0.5, 0.6) is 5.75 Å². The fraction of sp³-hybridized carbons (Fsp3) is 0.379. The lowest BCUT2D eigenvalue weighted by atomic mass is 9.57. The molecule has 2 atom stereocenters. The number of aromatic nitrogens is 4. The van der Waals surface area contributed by atoms with Gasteiger partial charge in [0, 0.05) is 60.4 Å². The van der Waals surface area contributed by atoms with Crippen molar-refractivity contribution >= 4 is 11.7 Å². The van der Waals surface area contributed by atoms with Gasteiger partial charge in [-0.25, -0.2) is 14.4 Å². The smallest absolute Gasteiger partial charge is 0.387 e. The van der Waals surface area contributed by atoms with Crippen LogP contribution in [0.2, 0.25) is 0 Å². The highest BCUT2D eigenvalue weighted by molar-refractivity contribution is 5.98. The summed E-state index contributed by atoms with van der Waals surface area (Å²) in [4.78, 5) is 28.5. The van der Waals surface area contributed by atoms with Crippen LogP contribution >= 0.6 is 0 Å². The Morgan fingerprint density at radius 2 is 1.98 bits per heavy atom. The summed E-state index contributed by atoms with van der Waals surface area (Å²) in [5, 5.41) is 9.59. The fourth-order valence-electron chi connectivity index (χ4n) is 7.08. The first-order valence-electron chi connectivity index (χ1n) is 13.3. The number of hydrogen-bond acceptors (Lipinski definition) is 7. The topological polar surface area (TPSA) is 119 Å². The SMILES string of the molecule is CN1C(=O)c2cccc(OC(F)F)c2C2CC1c1nc3ncc(-c4cnc(C5(N)CC(C)(CO)C5)c(F)c4)cn3c12. The standard InChI is InChI=1S/C29H27F3N6O3/c1-28(13-39)11-29(33,12-28)24-18(30)6-14(8-34-24)15-9-35-27-36-22-19-7-17(23(22)38(27)10-15)21-16(25(40)37(19)2)4-3-5-20(21)41-26(31)32/h3-6,8-10,17,19,26,39H,7,11-13,33H2,1-2H3. The van der Waals surface area contributed by atoms with E-state index in [2.05, 4.69) is 9.97 Å². The van der Waals surface area contributed by atoms with E-state index in [1.807, 2.05) is 6.92 Å². The third-order valence-electron chi connectivity index (χ3n) is 8.81. The summed E-state index contributed by atoms with van der Waals surface area (Å²) >= 11 is 0. The van der Waals surface area contributed by atoms with Crippen molar-refractivity contribution in [2.24, 2.45) is 11.1 Å². The highest BCUT2D eigenvalue weighted by Gasteiger charge is 2.52. The highest BCUT2D eigenvalue weighted by Crippen LogP contribution is 2.53. The second kappa shape index (κ2) is 8.73. The molecule has 7 rings (SSSR count). The number of carbonyl (C=O) groups is 1. The first-order valence-corrected chi connectivity index (χ1v) is 13.3. The molecular weight excluding hydrogens is 537 g/mol. The Kier molecular flexibility index (Phi) is 5.52. The average molecular weight is 565 g/mol. The lowest BCUT2D eigenvalue weighted by Crippen LogP contribution is -2.56. The molecule has 41 heavy (non-hydrogen) atoms. The monoisotopic (exact) mass is 564 g/mol. The van der Waals surface area contributed by atoms with Crippen LogP contribution in [-0.2, 0) is 5.54 Å². The van der Waals surface area contributed by atoms with Gasteiger partial charge < -0.3 is 20.5 Å². The van der Waals surface area contributed by atoms with Crippen LogP contribution in [0.15, 0.2) is 42.9 Å². The van der Waals surface area contributed by atoms with Crippen molar-refractivity contribution in [1.29, 1.82) is 0 Å². The first-order chi connectivity index (χ1) is 19.5. The van der Waals surface area contributed by atoms with Crippen molar-refractivity contribution in [3.05, 3.63) is 76.9 Å². The molecule has 1 amide bonds. The van der Waals surface area contributed by atoms with E-state index >= 15 is 4.39 Å². The van der Waals surface area contributed by atoms with Crippen LogP contribution in [0.1, 0.15) is 71.1 Å². The van der Waals surface area contributed by atoms with Crippen LogP contribution in [-0.4, -0.2) is 55.5 Å². The lowest BCUT2D eigenvalue weighted by molar-refractivity contribution is -0.0506. The maximum Gasteiger partial charge on any atom is 0.387 e. The summed E-state index contributed by atoms with van der Waals surface area (Å²) in [7, 11) is 1.67. The number of fused-ring (bicyclic) bond motifs is 9. The number of aliphatic hydroxyl groups is 1. The van der Waals surface area contributed by atoms with Crippen LogP contribution in [0.3, 0.4) is 0 Å². The van der Waals surface area contributed by atoms with Crippen molar-refractivity contribution in [3.63, 3.8) is 0 Å². The lowest BCUT2D eigenvalue weighted by Gasteiger charge is -2.51. The van der Waals surface area contributed by atoms with Crippen molar-refractivity contribution in [2.75, 3.05) is 13.7 Å². The number of nitrogens with two attached hydrogens (primary N) is 1. The van der Waals surface area contributed by atoms with E-state index in [0.29, 0.717) is 58.7 Å². The molecule has 4 heterocycles. The molecule has 9 nitrogen and oxygen atoms in total. The van der Waals surface area contributed by atoms with Gasteiger partial charge in [0.05, 0.1) is 28.7 Å². The number of imidazole rings is 1. The maximum atomic E-state index is 15.3. The minimum Gasteiger partial charge on any atom is -0.434 e. The molecule has 1 aromatic carbocycles. The number of halogens is 3. The van der Waals surface area contributed by atoms with E-state index < -0.39 is 23.9 Å². The minimum atomic E-state index is -3.06. The van der Waals surface area contributed by atoms with Gasteiger partial charge in [-0.2, -0.15) is 8.78 Å². The number of aliphatic hydroxyl groups excluding tert-OH is 1. The van der Waals surface area contributed by atoms with Gasteiger partial charge in [-0.15, -0.1) is 0 Å². The molecule has 3 aromatic heterocycles. The Bertz CT molecular complexity index is 1730. The summed E-state index contributed by atoms with van der Waals surface area (Å²) in [6.45, 7) is -1.18. The normalized spacial score (nSPS) is 26.6. The van der Waals surface area contributed by atoms with Crippen molar-refractivity contribution in [3.8, 4) is 16.9 Å². The molecule has 3 N–H and O–H groups in total. The zero-order valence-corrected chi connectivity index (χ0v) is 22.3. The molecular formula is C29H27F3N6O3. The van der Waals surface area contributed by atoms with Gasteiger partial charge in [-0.05, 0) is 42.9 Å². The first kappa shape index (κ1) is 25.9. The van der Waals surface area contributed by atoms with Crippen LogP contribution < -0.4 is 10.5 Å². The summed E-state index contributed by atoms with van der Waals surface area (Å²) in [6, 6.07) is 5.57. The number of ether oxygens (including phenoxy) is 1. The molecule has 0 spiro atoms. The molecule has 3 aliphatic rings. The quantitative estimate of drug-likeness (QED) is 0.374. The predicted molar refractivity (Wildman–Crippen MR) is 141 cm³/mol. The van der Waals surface area contributed by atoms with Gasteiger partial charge in [-0.3, -0.25) is 14.2 Å². The number of alkyl halides is 2. The maximum absolute atomic E-state index is 15.3. The van der Waals surface area contributed by atoms with E-state index in [-0.39, 0.29) is 35.4 Å². The average Bonchev–Trinajstić information content (AvgIpc) is 3.44. The number of amides is 1. The molecule has 4 aromatic rings. The van der Waals surface area contributed by atoms with Gasteiger partial charge in [0.15, 0.2) is 0 Å². The number of pyridine rings is 1. The molecule has 2 unspecified atom stereocenters. The van der Waals surface area contributed by atoms with Crippen molar-refractivity contribution < 1.29 is 27.8 Å². The van der Waals surface area contributed by atoms with Crippen molar-refractivity contribution in [2.45, 2.75) is 50.3 Å². The van der Waals surface area contributed by atoms with E-state index in [1.54, 1.807) is 41.0 Å². The third kappa shape index (κ3) is 3.77. The molecule has 1 fully saturated rings. The Morgan fingerprint density at radius 3 is 2.68 bits per heavy atom. The Hall–Kier alpha value is -4.03. The predicted octanol–water partition coefficient (Wildman–Crippen LogP) is 4.14. The van der Waals surface area contributed by atoms with E-state index in [1.165, 1.54) is 18.2 Å². The molecule has 12 heteroatoms. The number of benzene rings is 1. The second-order valence-electron chi connectivity index (χ2n) is 11.7. The Balaban J connectivity index is 1.32. The molecule has 2 aliphatic carbocycles. The van der Waals surface area contributed by atoms with Crippen molar-refractivity contribution in [1.82, 2.24) is 24.3 Å². The summed E-state index contributed by atoms with van der Waals surface area (Å²) in [5.41, 5.74) is 8.37. The third-order valence-corrected chi connectivity index (χ3v) is 8.81. The molecule has 212 valence electrons. The van der Waals surface area contributed by atoms with Gasteiger partial charge >= 0.3 is 6.61 Å². The summed E-state index contributed by atoms with van der Waals surface area (Å²) < 4.78 is 48.7. The van der Waals surface area contributed by atoms with Gasteiger partial charge in [0.25, 0.3) is 5.91 Å². The van der Waals surface area contributed by atoms with E-state index in [0.717, 1.165) is 0 Å². The van der Waals surface area contributed by atoms with Gasteiger partial charge in [0.1, 0.15) is 11.6 Å². The second-order valence-corrected chi connectivity index (χ2v) is 11.7. The zero-order chi connectivity index (χ0) is 28.8. The number of nitrogens with zero attached hydrogens (tertiary/aromatic N) is 5.